The number of hydrogen-bond acceptors (Lipinski definition) is 3. The van der Waals surface area contributed by atoms with Gasteiger partial charge in [0.1, 0.15) is 0 Å². The Labute approximate surface area is 120 Å². The Morgan fingerprint density at radius 2 is 2.16 bits per heavy atom. The van der Waals surface area contributed by atoms with Crippen molar-refractivity contribution in [3.8, 4) is 0 Å². The normalized spacial score (nSPS) is 26.2. The molecule has 0 aromatic carbocycles. The van der Waals surface area contributed by atoms with Crippen LogP contribution in [-0.2, 0) is 9.59 Å². The first kappa shape index (κ1) is 16.2. The second-order valence-corrected chi connectivity index (χ2v) is 5.25. The van der Waals surface area contributed by atoms with Crippen molar-refractivity contribution >= 4 is 24.2 Å². The summed E-state index contributed by atoms with van der Waals surface area (Å²) in [5.74, 6) is 0.136. The second-order valence-electron chi connectivity index (χ2n) is 5.25. The lowest BCUT2D eigenvalue weighted by molar-refractivity contribution is -0.144. The molecule has 2 unspecified atom stereocenters. The summed E-state index contributed by atoms with van der Waals surface area (Å²) < 4.78 is 0. The van der Waals surface area contributed by atoms with E-state index in [0.29, 0.717) is 6.42 Å². The van der Waals surface area contributed by atoms with Crippen molar-refractivity contribution in [2.75, 3.05) is 20.1 Å². The molecule has 0 spiro atoms. The zero-order chi connectivity index (χ0) is 13.0. The predicted octanol–water partition coefficient (Wildman–Crippen LogP) is 0.677. The van der Waals surface area contributed by atoms with Gasteiger partial charge in [-0.2, -0.15) is 0 Å². The molecular weight excluding hydrogens is 266 g/mol. The summed E-state index contributed by atoms with van der Waals surface area (Å²) in [5, 5.41) is 6.07. The number of nitrogens with zero attached hydrogens (tertiary/aromatic N) is 1. The van der Waals surface area contributed by atoms with E-state index >= 15 is 0 Å². The van der Waals surface area contributed by atoms with Crippen LogP contribution in [0.25, 0.3) is 0 Å². The van der Waals surface area contributed by atoms with Gasteiger partial charge in [-0.3, -0.25) is 9.59 Å². The molecule has 0 aromatic heterocycles. The third-order valence-electron chi connectivity index (χ3n) is 3.93. The molecule has 2 fully saturated rings. The fourth-order valence-electron chi connectivity index (χ4n) is 3.01. The van der Waals surface area contributed by atoms with E-state index < -0.39 is 0 Å². The number of nitrogens with one attached hydrogen (secondary N) is 2. The molecule has 1 aliphatic carbocycles. The maximum Gasteiger partial charge on any atom is 0.239 e. The third-order valence-corrected chi connectivity index (χ3v) is 3.93. The quantitative estimate of drug-likeness (QED) is 0.748. The first-order valence-corrected chi connectivity index (χ1v) is 6.96. The summed E-state index contributed by atoms with van der Waals surface area (Å²) in [5.41, 5.74) is 0. The monoisotopic (exact) mass is 289 g/mol. The minimum absolute atomic E-state index is 0. The molecule has 2 amide bonds. The zero-order valence-electron chi connectivity index (χ0n) is 11.5. The Balaban J connectivity index is 0.00000180. The fourth-order valence-corrected chi connectivity index (χ4v) is 3.01. The fraction of sp³-hybridized carbons (Fsp3) is 0.846. The van der Waals surface area contributed by atoms with Crippen LogP contribution >= 0.6 is 12.4 Å². The molecule has 0 bridgehead atoms. The molecule has 1 saturated heterocycles. The van der Waals surface area contributed by atoms with Gasteiger partial charge >= 0.3 is 0 Å². The van der Waals surface area contributed by atoms with E-state index in [0.717, 1.165) is 38.6 Å². The van der Waals surface area contributed by atoms with Gasteiger partial charge in [0.2, 0.25) is 11.8 Å². The highest BCUT2D eigenvalue weighted by Gasteiger charge is 2.38. The van der Waals surface area contributed by atoms with Gasteiger partial charge in [0.15, 0.2) is 0 Å². The van der Waals surface area contributed by atoms with Crippen LogP contribution in [-0.4, -0.2) is 48.9 Å². The zero-order valence-corrected chi connectivity index (χ0v) is 12.3. The van der Waals surface area contributed by atoms with Gasteiger partial charge in [-0.05, 0) is 32.9 Å². The van der Waals surface area contributed by atoms with Crippen LogP contribution in [0.1, 0.15) is 38.5 Å². The Morgan fingerprint density at radius 1 is 1.42 bits per heavy atom. The van der Waals surface area contributed by atoms with Gasteiger partial charge in [-0.25, -0.2) is 0 Å². The Hall–Kier alpha value is -0.810. The Bertz CT molecular complexity index is 325. The highest BCUT2D eigenvalue weighted by Crippen LogP contribution is 2.26. The second kappa shape index (κ2) is 7.70. The first-order chi connectivity index (χ1) is 8.72. The van der Waals surface area contributed by atoms with E-state index in [2.05, 4.69) is 10.6 Å². The number of carbonyl (C=O) groups excluding carboxylic acids is 2. The Kier molecular flexibility index (Phi) is 6.58. The van der Waals surface area contributed by atoms with Crippen LogP contribution in [0.4, 0.5) is 0 Å². The highest BCUT2D eigenvalue weighted by molar-refractivity contribution is 5.86. The van der Waals surface area contributed by atoms with Crippen LogP contribution < -0.4 is 10.6 Å². The van der Waals surface area contributed by atoms with Crippen LogP contribution in [0.3, 0.4) is 0 Å². The molecule has 2 rings (SSSR count). The van der Waals surface area contributed by atoms with Crippen molar-refractivity contribution in [3.63, 3.8) is 0 Å². The molecular formula is C13H24ClN3O2. The number of fused-ring (bicyclic) bond motifs is 1. The number of rotatable bonds is 4. The summed E-state index contributed by atoms with van der Waals surface area (Å²) in [6, 6.07) is 0.423. The van der Waals surface area contributed by atoms with Crippen molar-refractivity contribution in [2.24, 2.45) is 0 Å². The van der Waals surface area contributed by atoms with Gasteiger partial charge in [-0.1, -0.05) is 12.8 Å². The molecule has 0 radical (unpaired) electrons. The smallest absolute Gasteiger partial charge is 0.239 e. The number of hydrogen-bond donors (Lipinski definition) is 2. The van der Waals surface area contributed by atoms with Crippen molar-refractivity contribution in [1.82, 2.24) is 15.5 Å². The summed E-state index contributed by atoms with van der Waals surface area (Å²) in [7, 11) is 1.88. The van der Waals surface area contributed by atoms with Crippen molar-refractivity contribution in [1.29, 1.82) is 0 Å². The summed E-state index contributed by atoms with van der Waals surface area (Å²) in [6.45, 7) is 1.10. The van der Waals surface area contributed by atoms with Gasteiger partial charge in [0.25, 0.3) is 0 Å². The van der Waals surface area contributed by atoms with Crippen LogP contribution in [0, 0.1) is 0 Å². The summed E-state index contributed by atoms with van der Waals surface area (Å²) in [4.78, 5) is 25.7. The molecule has 1 aliphatic heterocycles. The lowest BCUT2D eigenvalue weighted by Gasteiger charge is -2.44. The topological polar surface area (TPSA) is 61.4 Å². The Morgan fingerprint density at radius 3 is 2.89 bits per heavy atom. The lowest BCUT2D eigenvalue weighted by atomic mass is 9.87. The summed E-state index contributed by atoms with van der Waals surface area (Å²) >= 11 is 0. The van der Waals surface area contributed by atoms with E-state index in [9.17, 15) is 9.59 Å². The van der Waals surface area contributed by atoms with E-state index in [1.54, 1.807) is 0 Å². The van der Waals surface area contributed by atoms with Gasteiger partial charge in [-0.15, -0.1) is 12.4 Å². The van der Waals surface area contributed by atoms with E-state index in [1.165, 1.54) is 0 Å². The van der Waals surface area contributed by atoms with Crippen molar-refractivity contribution in [2.45, 2.75) is 50.6 Å². The number of halogens is 1. The van der Waals surface area contributed by atoms with Crippen LogP contribution in [0.15, 0.2) is 0 Å². The third kappa shape index (κ3) is 4.08. The van der Waals surface area contributed by atoms with Gasteiger partial charge in [0, 0.05) is 12.5 Å². The molecule has 2 N–H and O–H groups in total. The molecule has 19 heavy (non-hydrogen) atoms. The molecule has 1 heterocycles. The SMILES string of the molecule is CNCCCC(=O)N1CC(=O)NC2CCCCC21.Cl. The molecule has 1 saturated carbocycles. The van der Waals surface area contributed by atoms with E-state index in [1.807, 2.05) is 11.9 Å². The lowest BCUT2D eigenvalue weighted by Crippen LogP contribution is -2.62. The minimum atomic E-state index is 0. The highest BCUT2D eigenvalue weighted by atomic mass is 35.5. The van der Waals surface area contributed by atoms with Crippen LogP contribution in [0.5, 0.6) is 0 Å². The average Bonchev–Trinajstić information content (AvgIpc) is 2.38. The van der Waals surface area contributed by atoms with E-state index in [-0.39, 0.29) is 42.8 Å². The molecule has 2 atom stereocenters. The maximum absolute atomic E-state index is 12.2. The molecule has 6 heteroatoms. The standard InChI is InChI=1S/C13H23N3O2.ClH/c1-14-8-4-7-13(18)16-9-12(17)15-10-5-2-3-6-11(10)16;/h10-11,14H,2-9H2,1H3,(H,15,17);1H. The number of carbonyl (C=O) groups is 2. The molecule has 5 nitrogen and oxygen atoms in total. The van der Waals surface area contributed by atoms with Gasteiger partial charge < -0.3 is 15.5 Å². The minimum Gasteiger partial charge on any atom is -0.350 e. The first-order valence-electron chi connectivity index (χ1n) is 6.96. The van der Waals surface area contributed by atoms with E-state index in [4.69, 9.17) is 0 Å². The average molecular weight is 290 g/mol. The summed E-state index contributed by atoms with van der Waals surface area (Å²) in [6.07, 6.45) is 5.74. The van der Waals surface area contributed by atoms with Crippen LogP contribution in [0.2, 0.25) is 0 Å². The van der Waals surface area contributed by atoms with Crippen molar-refractivity contribution < 1.29 is 9.59 Å². The molecule has 110 valence electrons. The molecule has 2 aliphatic rings. The molecule has 0 aromatic rings. The largest absolute Gasteiger partial charge is 0.350 e. The number of piperazine rings is 1. The van der Waals surface area contributed by atoms with Gasteiger partial charge in [0.05, 0.1) is 12.6 Å². The van der Waals surface area contributed by atoms with Crippen molar-refractivity contribution in [3.05, 3.63) is 0 Å². The number of amides is 2. The maximum atomic E-state index is 12.2. The predicted molar refractivity (Wildman–Crippen MR) is 76.3 cm³/mol.